The Bertz CT molecular complexity index is 930. The molecule has 0 atom stereocenters. The topological polar surface area (TPSA) is 12.4 Å². The Morgan fingerprint density at radius 2 is 1.27 bits per heavy atom. The Labute approximate surface area is 156 Å². The molecule has 1 nitrogen and oxygen atoms in total. The lowest BCUT2D eigenvalue weighted by Crippen LogP contribution is -1.96. The average Bonchev–Trinajstić information content (AvgIpc) is 2.69. The van der Waals surface area contributed by atoms with E-state index in [-0.39, 0.29) is 0 Å². The highest BCUT2D eigenvalue weighted by Gasteiger charge is 2.05. The highest BCUT2D eigenvalue weighted by Crippen LogP contribution is 2.23. The van der Waals surface area contributed by atoms with Crippen molar-refractivity contribution in [1.29, 1.82) is 0 Å². The van der Waals surface area contributed by atoms with Gasteiger partial charge >= 0.3 is 0 Å². The SMILES string of the molecule is C=C(/C=C(\N=C(C)c1ccc(C)cc1)c1ccccc1)c1ccccc1. The lowest BCUT2D eigenvalue weighted by Gasteiger charge is -2.08. The minimum absolute atomic E-state index is 0.914. The van der Waals surface area contributed by atoms with Crippen LogP contribution in [-0.4, -0.2) is 5.71 Å². The van der Waals surface area contributed by atoms with Crippen molar-refractivity contribution in [2.75, 3.05) is 0 Å². The van der Waals surface area contributed by atoms with Gasteiger partial charge in [-0.05, 0) is 36.6 Å². The molecule has 3 aromatic carbocycles. The summed E-state index contributed by atoms with van der Waals surface area (Å²) in [6.07, 6.45) is 2.06. The fourth-order valence-electron chi connectivity index (χ4n) is 2.73. The van der Waals surface area contributed by atoms with Gasteiger partial charge in [-0.1, -0.05) is 97.1 Å². The Kier molecular flexibility index (Phi) is 5.60. The van der Waals surface area contributed by atoms with E-state index >= 15 is 0 Å². The van der Waals surface area contributed by atoms with Crippen LogP contribution in [0.3, 0.4) is 0 Å². The van der Waals surface area contributed by atoms with Gasteiger partial charge in [-0.15, -0.1) is 0 Å². The molecule has 3 aromatic rings. The zero-order valence-corrected chi connectivity index (χ0v) is 15.3. The second kappa shape index (κ2) is 8.26. The van der Waals surface area contributed by atoms with Crippen LogP contribution in [0.5, 0.6) is 0 Å². The van der Waals surface area contributed by atoms with Crippen LogP contribution in [-0.2, 0) is 0 Å². The van der Waals surface area contributed by atoms with Gasteiger partial charge in [0.05, 0.1) is 5.70 Å². The van der Waals surface area contributed by atoms with Crippen LogP contribution >= 0.6 is 0 Å². The number of hydrogen-bond donors (Lipinski definition) is 0. The molecule has 0 unspecified atom stereocenters. The molecular formula is C25H23N. The van der Waals surface area contributed by atoms with Gasteiger partial charge in [0.2, 0.25) is 0 Å². The molecule has 0 amide bonds. The number of benzene rings is 3. The van der Waals surface area contributed by atoms with Crippen molar-refractivity contribution >= 4 is 17.0 Å². The summed E-state index contributed by atoms with van der Waals surface area (Å²) in [7, 11) is 0. The second-order valence-electron chi connectivity index (χ2n) is 6.35. The molecule has 0 saturated heterocycles. The molecule has 128 valence electrons. The molecule has 0 aliphatic rings. The zero-order valence-electron chi connectivity index (χ0n) is 15.3. The zero-order chi connectivity index (χ0) is 18.4. The van der Waals surface area contributed by atoms with Crippen LogP contribution in [0.1, 0.15) is 29.2 Å². The number of aryl methyl sites for hydroxylation is 1. The summed E-state index contributed by atoms with van der Waals surface area (Å²) in [5, 5.41) is 0. The number of hydrogen-bond acceptors (Lipinski definition) is 1. The lowest BCUT2D eigenvalue weighted by atomic mass is 10.0. The van der Waals surface area contributed by atoms with E-state index in [1.807, 2.05) is 43.3 Å². The average molecular weight is 337 g/mol. The highest BCUT2D eigenvalue weighted by molar-refractivity contribution is 6.02. The fraction of sp³-hybridized carbons (Fsp3) is 0.0800. The molecule has 0 aliphatic heterocycles. The first kappa shape index (κ1) is 17.6. The van der Waals surface area contributed by atoms with E-state index in [9.17, 15) is 0 Å². The van der Waals surface area contributed by atoms with Crippen molar-refractivity contribution in [2.24, 2.45) is 4.99 Å². The molecule has 0 heterocycles. The summed E-state index contributed by atoms with van der Waals surface area (Å²) >= 11 is 0. The molecule has 1 heteroatoms. The minimum atomic E-state index is 0.914. The Hall–Kier alpha value is -3.19. The molecule has 0 fully saturated rings. The highest BCUT2D eigenvalue weighted by atomic mass is 14.8. The normalized spacial score (nSPS) is 12.1. The third kappa shape index (κ3) is 4.46. The van der Waals surface area contributed by atoms with Gasteiger partial charge in [-0.3, -0.25) is 4.99 Å². The van der Waals surface area contributed by atoms with E-state index < -0.39 is 0 Å². The van der Waals surface area contributed by atoms with Gasteiger partial charge in [0.15, 0.2) is 0 Å². The number of nitrogens with zero attached hydrogens (tertiary/aromatic N) is 1. The molecule has 3 rings (SSSR count). The summed E-state index contributed by atoms with van der Waals surface area (Å²) in [5.74, 6) is 0. The summed E-state index contributed by atoms with van der Waals surface area (Å²) in [4.78, 5) is 4.93. The molecule has 26 heavy (non-hydrogen) atoms. The third-order valence-electron chi connectivity index (χ3n) is 4.28. The number of allylic oxidation sites excluding steroid dienone is 2. The maximum absolute atomic E-state index is 4.93. The van der Waals surface area contributed by atoms with Gasteiger partial charge in [-0.2, -0.15) is 0 Å². The Balaban J connectivity index is 2.01. The maximum Gasteiger partial charge on any atom is 0.0711 e. The summed E-state index contributed by atoms with van der Waals surface area (Å²) in [6.45, 7) is 8.38. The maximum atomic E-state index is 4.93. The van der Waals surface area contributed by atoms with Crippen LogP contribution in [0.25, 0.3) is 11.3 Å². The monoisotopic (exact) mass is 337 g/mol. The van der Waals surface area contributed by atoms with Crippen molar-refractivity contribution in [1.82, 2.24) is 0 Å². The Morgan fingerprint density at radius 1 is 0.731 bits per heavy atom. The number of aliphatic imine (C=N–C) groups is 1. The van der Waals surface area contributed by atoms with E-state index in [2.05, 4.69) is 68.1 Å². The molecule has 0 spiro atoms. The van der Waals surface area contributed by atoms with E-state index in [0.29, 0.717) is 0 Å². The molecule has 0 bridgehead atoms. The number of rotatable bonds is 5. The standard InChI is InChI=1S/C25H23N/c1-19-14-16-23(17-15-19)21(3)26-25(24-12-8-5-9-13-24)18-20(2)22-10-6-4-7-11-22/h4-18H,2H2,1,3H3/b25-18-,26-21?. The third-order valence-corrected chi connectivity index (χ3v) is 4.28. The summed E-state index contributed by atoms with van der Waals surface area (Å²) in [5.41, 5.74) is 7.41. The molecular weight excluding hydrogens is 314 g/mol. The van der Waals surface area contributed by atoms with E-state index in [0.717, 1.165) is 33.7 Å². The first-order chi connectivity index (χ1) is 12.6. The fourth-order valence-corrected chi connectivity index (χ4v) is 2.73. The van der Waals surface area contributed by atoms with Crippen LogP contribution in [0.15, 0.2) is 103 Å². The first-order valence-corrected chi connectivity index (χ1v) is 8.77. The van der Waals surface area contributed by atoms with Gasteiger partial charge in [0.1, 0.15) is 0 Å². The van der Waals surface area contributed by atoms with Gasteiger partial charge < -0.3 is 0 Å². The molecule has 0 radical (unpaired) electrons. The van der Waals surface area contributed by atoms with Crippen molar-refractivity contribution in [2.45, 2.75) is 13.8 Å². The molecule has 0 aliphatic carbocycles. The molecule has 0 N–H and O–H groups in total. The molecule has 0 saturated carbocycles. The lowest BCUT2D eigenvalue weighted by molar-refractivity contribution is 1.43. The smallest absolute Gasteiger partial charge is 0.0711 e. The van der Waals surface area contributed by atoms with Crippen molar-refractivity contribution in [3.05, 3.63) is 120 Å². The quantitative estimate of drug-likeness (QED) is 0.369. The molecule has 0 aromatic heterocycles. The predicted molar refractivity (Wildman–Crippen MR) is 113 cm³/mol. The van der Waals surface area contributed by atoms with Gasteiger partial charge in [0, 0.05) is 11.3 Å². The van der Waals surface area contributed by atoms with Crippen LogP contribution < -0.4 is 0 Å². The summed E-state index contributed by atoms with van der Waals surface area (Å²) in [6, 6.07) is 28.9. The Morgan fingerprint density at radius 3 is 1.85 bits per heavy atom. The summed E-state index contributed by atoms with van der Waals surface area (Å²) < 4.78 is 0. The minimum Gasteiger partial charge on any atom is -0.252 e. The predicted octanol–water partition coefficient (Wildman–Crippen LogP) is 6.56. The van der Waals surface area contributed by atoms with E-state index in [1.165, 1.54) is 5.56 Å². The van der Waals surface area contributed by atoms with Crippen LogP contribution in [0, 0.1) is 6.92 Å². The van der Waals surface area contributed by atoms with E-state index in [1.54, 1.807) is 0 Å². The van der Waals surface area contributed by atoms with Gasteiger partial charge in [-0.25, -0.2) is 0 Å². The van der Waals surface area contributed by atoms with Crippen molar-refractivity contribution in [3.63, 3.8) is 0 Å². The second-order valence-corrected chi connectivity index (χ2v) is 6.35. The van der Waals surface area contributed by atoms with Crippen molar-refractivity contribution < 1.29 is 0 Å². The first-order valence-electron chi connectivity index (χ1n) is 8.77. The van der Waals surface area contributed by atoms with Crippen LogP contribution in [0.4, 0.5) is 0 Å². The van der Waals surface area contributed by atoms with Gasteiger partial charge in [0.25, 0.3) is 0 Å². The van der Waals surface area contributed by atoms with Crippen LogP contribution in [0.2, 0.25) is 0 Å². The largest absolute Gasteiger partial charge is 0.252 e. The van der Waals surface area contributed by atoms with Crippen molar-refractivity contribution in [3.8, 4) is 0 Å². The van der Waals surface area contributed by atoms with E-state index in [4.69, 9.17) is 4.99 Å².